The molecule has 1 fully saturated rings. The topological polar surface area (TPSA) is 0 Å². The molecule has 3 heteroatoms. The van der Waals surface area contributed by atoms with Crippen molar-refractivity contribution in [3.05, 3.63) is 78.1 Å². The maximum absolute atomic E-state index is 14.8. The highest BCUT2D eigenvalue weighted by Crippen LogP contribution is 2.36. The van der Waals surface area contributed by atoms with E-state index in [-0.39, 0.29) is 5.82 Å². The van der Waals surface area contributed by atoms with Crippen molar-refractivity contribution in [2.75, 3.05) is 0 Å². The van der Waals surface area contributed by atoms with Crippen LogP contribution in [0.1, 0.15) is 37.2 Å². The van der Waals surface area contributed by atoms with Gasteiger partial charge in [-0.15, -0.1) is 0 Å². The Morgan fingerprint density at radius 2 is 1.33 bits per heavy atom. The average molecular weight is 374 g/mol. The van der Waals surface area contributed by atoms with Crippen molar-refractivity contribution >= 4 is 25.9 Å². The first kappa shape index (κ1) is 18.4. The zero-order valence-electron chi connectivity index (χ0n) is 15.7. The number of hydrogen-bond acceptors (Lipinski definition) is 1. The fraction of sp³-hybridized carbons (Fsp3) is 0.250. The van der Waals surface area contributed by atoms with Gasteiger partial charge in [0.2, 0.25) is 0 Å². The number of benzene rings is 3. The second kappa shape index (κ2) is 7.94. The molecule has 0 amide bonds. The van der Waals surface area contributed by atoms with E-state index < -0.39 is 0 Å². The van der Waals surface area contributed by atoms with Gasteiger partial charge in [-0.2, -0.15) is 12.6 Å². The number of halogens is 1. The third-order valence-corrected chi connectivity index (χ3v) is 6.26. The van der Waals surface area contributed by atoms with Crippen molar-refractivity contribution < 1.29 is 4.39 Å². The molecule has 0 spiro atoms. The Morgan fingerprint density at radius 1 is 0.741 bits per heavy atom. The normalized spacial score (nSPS) is 19.8. The summed E-state index contributed by atoms with van der Waals surface area (Å²) in [5.41, 5.74) is 6.14. The Morgan fingerprint density at radius 3 is 1.96 bits per heavy atom. The summed E-state index contributed by atoms with van der Waals surface area (Å²) in [4.78, 5) is 0. The van der Waals surface area contributed by atoms with E-state index in [1.165, 1.54) is 36.7 Å². The molecule has 0 aromatic heterocycles. The molecule has 0 bridgehead atoms. The van der Waals surface area contributed by atoms with Gasteiger partial charge < -0.3 is 0 Å². The Hall–Kier alpha value is -2.00. The standard InChI is InChI=1S/C24H24BFS/c25-21-10-5-18(6-11-21)20-9-14-23(24(26)15-20)19-3-1-16(2-4-19)17-7-12-22(27)13-8-17/h1-6,9-11,14-15,17,22,27H,7-8,12-13,25H2. The van der Waals surface area contributed by atoms with E-state index in [0.29, 0.717) is 16.7 Å². The van der Waals surface area contributed by atoms with Crippen LogP contribution in [0.2, 0.25) is 0 Å². The van der Waals surface area contributed by atoms with Crippen molar-refractivity contribution in [3.8, 4) is 22.3 Å². The molecule has 0 saturated heterocycles. The minimum atomic E-state index is -0.170. The van der Waals surface area contributed by atoms with Gasteiger partial charge in [0.05, 0.1) is 0 Å². The zero-order chi connectivity index (χ0) is 18.8. The fourth-order valence-corrected chi connectivity index (χ4v) is 4.32. The van der Waals surface area contributed by atoms with Crippen LogP contribution in [0.4, 0.5) is 4.39 Å². The Labute approximate surface area is 167 Å². The molecular formula is C24H24BFS. The van der Waals surface area contributed by atoms with E-state index in [2.05, 4.69) is 56.9 Å². The highest BCUT2D eigenvalue weighted by molar-refractivity contribution is 7.80. The highest BCUT2D eigenvalue weighted by atomic mass is 32.1. The largest absolute Gasteiger partial charge is 0.206 e. The van der Waals surface area contributed by atoms with Crippen LogP contribution in [0.5, 0.6) is 0 Å². The molecule has 1 aliphatic rings. The van der Waals surface area contributed by atoms with Gasteiger partial charge >= 0.3 is 0 Å². The number of rotatable bonds is 3. The lowest BCUT2D eigenvalue weighted by Crippen LogP contribution is -2.12. The summed E-state index contributed by atoms with van der Waals surface area (Å²) in [5.74, 6) is 0.451. The fourth-order valence-electron chi connectivity index (χ4n) is 4.02. The minimum Gasteiger partial charge on any atom is -0.206 e. The van der Waals surface area contributed by atoms with Crippen LogP contribution < -0.4 is 5.46 Å². The molecule has 0 atom stereocenters. The van der Waals surface area contributed by atoms with Crippen LogP contribution in [0.15, 0.2) is 66.7 Å². The molecule has 0 N–H and O–H groups in total. The van der Waals surface area contributed by atoms with E-state index >= 15 is 0 Å². The molecule has 27 heavy (non-hydrogen) atoms. The monoisotopic (exact) mass is 374 g/mol. The first-order valence-corrected chi connectivity index (χ1v) is 10.3. The van der Waals surface area contributed by atoms with Crippen LogP contribution >= 0.6 is 12.6 Å². The van der Waals surface area contributed by atoms with Crippen LogP contribution in [-0.4, -0.2) is 13.1 Å². The van der Waals surface area contributed by atoms with Crippen LogP contribution in [0.3, 0.4) is 0 Å². The minimum absolute atomic E-state index is 0.170. The van der Waals surface area contributed by atoms with Gasteiger partial charge in [0.25, 0.3) is 0 Å². The number of thiol groups is 1. The smallest absolute Gasteiger partial charge is 0.139 e. The van der Waals surface area contributed by atoms with E-state index in [9.17, 15) is 4.39 Å². The summed E-state index contributed by atoms with van der Waals surface area (Å²) < 4.78 is 14.8. The third-order valence-electron chi connectivity index (χ3n) is 5.74. The SMILES string of the molecule is Bc1ccc(-c2ccc(-c3ccc(C4CCC(S)CC4)cc3)c(F)c2)cc1. The molecule has 136 valence electrons. The molecule has 0 unspecified atom stereocenters. The summed E-state index contributed by atoms with van der Waals surface area (Å²) in [6, 6.07) is 22.2. The average Bonchev–Trinajstić information content (AvgIpc) is 2.69. The lowest BCUT2D eigenvalue weighted by Gasteiger charge is -2.26. The van der Waals surface area contributed by atoms with E-state index in [0.717, 1.165) is 16.7 Å². The highest BCUT2D eigenvalue weighted by Gasteiger charge is 2.20. The van der Waals surface area contributed by atoms with Crippen LogP contribution in [0.25, 0.3) is 22.3 Å². The van der Waals surface area contributed by atoms with Gasteiger partial charge in [-0.1, -0.05) is 66.1 Å². The second-order valence-corrected chi connectivity index (χ2v) is 8.42. The molecule has 1 saturated carbocycles. The maximum Gasteiger partial charge on any atom is 0.139 e. The molecule has 3 aromatic rings. The lowest BCUT2D eigenvalue weighted by molar-refractivity contribution is 0.455. The van der Waals surface area contributed by atoms with Crippen molar-refractivity contribution in [1.29, 1.82) is 0 Å². The Kier molecular flexibility index (Phi) is 5.40. The predicted molar refractivity (Wildman–Crippen MR) is 119 cm³/mol. The molecule has 0 aliphatic heterocycles. The molecular weight excluding hydrogens is 350 g/mol. The summed E-state index contributed by atoms with van der Waals surface area (Å²) in [5, 5.41) is 0.557. The van der Waals surface area contributed by atoms with E-state index in [4.69, 9.17) is 0 Å². The summed E-state index contributed by atoms with van der Waals surface area (Å²) in [6.07, 6.45) is 4.77. The van der Waals surface area contributed by atoms with Gasteiger partial charge in [0.1, 0.15) is 13.7 Å². The first-order valence-electron chi connectivity index (χ1n) is 9.75. The molecule has 1 aliphatic carbocycles. The molecule has 3 aromatic carbocycles. The van der Waals surface area contributed by atoms with Crippen molar-refractivity contribution in [1.82, 2.24) is 0 Å². The molecule has 0 nitrogen and oxygen atoms in total. The molecule has 0 heterocycles. The van der Waals surface area contributed by atoms with E-state index in [1.54, 1.807) is 6.07 Å². The quantitative estimate of drug-likeness (QED) is 0.462. The second-order valence-electron chi connectivity index (χ2n) is 7.69. The molecule has 0 radical (unpaired) electrons. The summed E-state index contributed by atoms with van der Waals surface area (Å²) >= 11 is 4.59. The first-order chi connectivity index (χ1) is 13.1. The van der Waals surface area contributed by atoms with Crippen molar-refractivity contribution in [2.24, 2.45) is 0 Å². The Bertz CT molecular complexity index is 910. The molecule has 4 rings (SSSR count). The van der Waals surface area contributed by atoms with Gasteiger partial charge in [-0.3, -0.25) is 0 Å². The number of hydrogen-bond donors (Lipinski definition) is 1. The Balaban J connectivity index is 1.55. The summed E-state index contributed by atoms with van der Waals surface area (Å²) in [6.45, 7) is 0. The zero-order valence-corrected chi connectivity index (χ0v) is 16.6. The van der Waals surface area contributed by atoms with Gasteiger partial charge in [0, 0.05) is 10.8 Å². The van der Waals surface area contributed by atoms with Gasteiger partial charge in [0.15, 0.2) is 0 Å². The maximum atomic E-state index is 14.8. The van der Waals surface area contributed by atoms with Crippen LogP contribution in [-0.2, 0) is 0 Å². The van der Waals surface area contributed by atoms with Crippen molar-refractivity contribution in [2.45, 2.75) is 36.9 Å². The van der Waals surface area contributed by atoms with Gasteiger partial charge in [-0.05, 0) is 59.9 Å². The van der Waals surface area contributed by atoms with Crippen molar-refractivity contribution in [3.63, 3.8) is 0 Å². The predicted octanol–water partition coefficient (Wildman–Crippen LogP) is 5.37. The van der Waals surface area contributed by atoms with E-state index in [1.807, 2.05) is 24.3 Å². The van der Waals surface area contributed by atoms with Gasteiger partial charge in [-0.25, -0.2) is 4.39 Å². The van der Waals surface area contributed by atoms with Crippen LogP contribution in [0, 0.1) is 5.82 Å². The lowest BCUT2D eigenvalue weighted by atomic mass is 9.83. The summed E-state index contributed by atoms with van der Waals surface area (Å²) in [7, 11) is 2.06. The third kappa shape index (κ3) is 4.14.